The van der Waals surface area contributed by atoms with Crippen molar-refractivity contribution in [3.8, 4) is 5.75 Å². The summed E-state index contributed by atoms with van der Waals surface area (Å²) in [4.78, 5) is 2.27. The molecule has 0 spiro atoms. The molecule has 2 saturated carbocycles. The van der Waals surface area contributed by atoms with Gasteiger partial charge in [-0.15, -0.1) is 0 Å². The summed E-state index contributed by atoms with van der Waals surface area (Å²) in [5.74, 6) is 1.64. The smallest absolute Gasteiger partial charge is 0.123 e. The van der Waals surface area contributed by atoms with Crippen LogP contribution in [-0.2, 0) is 6.54 Å². The van der Waals surface area contributed by atoms with E-state index in [0.717, 1.165) is 31.5 Å². The van der Waals surface area contributed by atoms with Gasteiger partial charge in [-0.25, -0.2) is 0 Å². The molecule has 3 N–H and O–H groups in total. The van der Waals surface area contributed by atoms with Gasteiger partial charge in [-0.1, -0.05) is 50.7 Å². The molecule has 0 aliphatic heterocycles. The Hall–Kier alpha value is -1.10. The fraction of sp³-hybridized carbons (Fsp3) is 0.760. The van der Waals surface area contributed by atoms with E-state index in [1.807, 2.05) is 0 Å². The van der Waals surface area contributed by atoms with Crippen LogP contribution in [0.5, 0.6) is 5.75 Å². The minimum absolute atomic E-state index is 0.178. The van der Waals surface area contributed by atoms with E-state index < -0.39 is 0 Å². The number of phenolic OH excluding ortho intramolecular Hbond substituents is 1. The molecule has 0 heterocycles. The highest BCUT2D eigenvalue weighted by Crippen LogP contribution is 2.42. The Morgan fingerprint density at radius 2 is 1.31 bits per heavy atom. The van der Waals surface area contributed by atoms with Gasteiger partial charge in [0, 0.05) is 38.4 Å². The average Bonchev–Trinajstić information content (AvgIpc) is 2.78. The van der Waals surface area contributed by atoms with Crippen LogP contribution >= 0.6 is 0 Å². The topological polar surface area (TPSA) is 63.9 Å². The van der Waals surface area contributed by atoms with Crippen molar-refractivity contribution >= 4 is 0 Å². The number of rotatable bonds is 10. The summed E-state index contributed by atoms with van der Waals surface area (Å²) in [7, 11) is 0. The molecule has 0 amide bonds. The third kappa shape index (κ3) is 6.44. The van der Waals surface area contributed by atoms with E-state index in [4.69, 9.17) is 0 Å². The predicted octanol–water partition coefficient (Wildman–Crippen LogP) is 5.05. The molecule has 4 heteroatoms. The normalized spacial score (nSPS) is 19.1. The fourth-order valence-corrected chi connectivity index (χ4v) is 5.36. The Kier molecular flexibility index (Phi) is 9.29. The maximum absolute atomic E-state index is 11.2. The lowest BCUT2D eigenvalue weighted by Gasteiger charge is -2.29. The lowest BCUT2D eigenvalue weighted by molar-refractivity contribution is 0.195. The molecule has 0 atom stereocenters. The molecule has 1 aromatic rings. The second-order valence-electron chi connectivity index (χ2n) is 9.22. The fourth-order valence-electron chi connectivity index (χ4n) is 5.36. The molecule has 0 bridgehead atoms. The largest absolute Gasteiger partial charge is 0.507 e. The second-order valence-corrected chi connectivity index (χ2v) is 9.22. The molecular formula is C25H41NO3. The number of aliphatic hydroxyl groups excluding tert-OH is 2. The van der Waals surface area contributed by atoms with Crippen molar-refractivity contribution in [2.24, 2.45) is 0 Å². The summed E-state index contributed by atoms with van der Waals surface area (Å²) in [6, 6.07) is 4.61. The van der Waals surface area contributed by atoms with Crippen molar-refractivity contribution < 1.29 is 15.3 Å². The predicted molar refractivity (Wildman–Crippen MR) is 118 cm³/mol. The maximum atomic E-state index is 11.2. The molecule has 0 aromatic heterocycles. The van der Waals surface area contributed by atoms with Crippen molar-refractivity contribution in [2.75, 3.05) is 26.3 Å². The third-order valence-corrected chi connectivity index (χ3v) is 7.02. The number of hydrogen-bond donors (Lipinski definition) is 3. The summed E-state index contributed by atoms with van der Waals surface area (Å²) in [5, 5.41) is 29.8. The number of benzene rings is 1. The first-order valence-electron chi connectivity index (χ1n) is 12.0. The SMILES string of the molecule is OCCCN(CCCO)Cc1cc(C2CCCCC2)cc(C2CCCCC2)c1O. The lowest BCUT2D eigenvalue weighted by atomic mass is 9.78. The summed E-state index contributed by atoms with van der Waals surface area (Å²) < 4.78 is 0. The Labute approximate surface area is 176 Å². The molecular weight excluding hydrogens is 362 g/mol. The Bertz CT molecular complexity index is 598. The van der Waals surface area contributed by atoms with Crippen molar-refractivity contribution in [3.63, 3.8) is 0 Å². The van der Waals surface area contributed by atoms with Gasteiger partial charge in [-0.05, 0) is 61.5 Å². The van der Waals surface area contributed by atoms with Crippen LogP contribution in [0.1, 0.15) is 106 Å². The number of aliphatic hydroxyl groups is 2. The molecule has 4 nitrogen and oxygen atoms in total. The first-order chi connectivity index (χ1) is 14.2. The van der Waals surface area contributed by atoms with E-state index in [0.29, 0.717) is 24.1 Å². The van der Waals surface area contributed by atoms with E-state index in [1.165, 1.54) is 75.3 Å². The molecule has 0 unspecified atom stereocenters. The van der Waals surface area contributed by atoms with Crippen LogP contribution in [0, 0.1) is 0 Å². The van der Waals surface area contributed by atoms with E-state index in [9.17, 15) is 15.3 Å². The molecule has 1 aromatic carbocycles. The van der Waals surface area contributed by atoms with Crippen molar-refractivity contribution in [1.82, 2.24) is 4.90 Å². The van der Waals surface area contributed by atoms with Gasteiger partial charge in [0.1, 0.15) is 5.75 Å². The summed E-state index contributed by atoms with van der Waals surface area (Å²) in [6.45, 7) is 2.64. The highest BCUT2D eigenvalue weighted by Gasteiger charge is 2.25. The molecule has 2 aliphatic carbocycles. The van der Waals surface area contributed by atoms with E-state index in [-0.39, 0.29) is 13.2 Å². The van der Waals surface area contributed by atoms with Gasteiger partial charge in [-0.2, -0.15) is 0 Å². The minimum Gasteiger partial charge on any atom is -0.507 e. The van der Waals surface area contributed by atoms with Gasteiger partial charge in [-0.3, -0.25) is 4.90 Å². The molecule has 0 saturated heterocycles. The van der Waals surface area contributed by atoms with Crippen LogP contribution in [0.2, 0.25) is 0 Å². The maximum Gasteiger partial charge on any atom is 0.123 e. The van der Waals surface area contributed by atoms with Crippen LogP contribution in [0.3, 0.4) is 0 Å². The van der Waals surface area contributed by atoms with Gasteiger partial charge in [0.2, 0.25) is 0 Å². The first-order valence-corrected chi connectivity index (χ1v) is 12.0. The quantitative estimate of drug-likeness (QED) is 0.511. The zero-order valence-corrected chi connectivity index (χ0v) is 18.1. The van der Waals surface area contributed by atoms with Crippen LogP contribution in [0.25, 0.3) is 0 Å². The molecule has 2 aliphatic rings. The Balaban J connectivity index is 1.87. The van der Waals surface area contributed by atoms with E-state index in [1.54, 1.807) is 0 Å². The van der Waals surface area contributed by atoms with Crippen molar-refractivity contribution in [2.45, 2.75) is 95.4 Å². The first kappa shape index (κ1) is 22.6. The zero-order valence-electron chi connectivity index (χ0n) is 18.1. The molecule has 0 radical (unpaired) electrons. The summed E-state index contributed by atoms with van der Waals surface area (Å²) >= 11 is 0. The Morgan fingerprint density at radius 1 is 0.759 bits per heavy atom. The minimum atomic E-state index is 0.178. The van der Waals surface area contributed by atoms with Crippen LogP contribution in [0.15, 0.2) is 12.1 Å². The van der Waals surface area contributed by atoms with Gasteiger partial charge in [0.15, 0.2) is 0 Å². The van der Waals surface area contributed by atoms with Gasteiger partial charge < -0.3 is 15.3 Å². The van der Waals surface area contributed by atoms with Gasteiger partial charge >= 0.3 is 0 Å². The average molecular weight is 404 g/mol. The second kappa shape index (κ2) is 11.9. The Morgan fingerprint density at radius 3 is 1.86 bits per heavy atom. The summed E-state index contributed by atoms with van der Waals surface area (Å²) in [6.07, 6.45) is 14.2. The zero-order chi connectivity index (χ0) is 20.5. The van der Waals surface area contributed by atoms with Crippen LogP contribution < -0.4 is 0 Å². The molecule has 164 valence electrons. The van der Waals surface area contributed by atoms with Crippen molar-refractivity contribution in [3.05, 3.63) is 28.8 Å². The molecule has 3 rings (SSSR count). The number of aromatic hydroxyl groups is 1. The highest BCUT2D eigenvalue weighted by atomic mass is 16.3. The van der Waals surface area contributed by atoms with E-state index in [2.05, 4.69) is 17.0 Å². The standard InChI is InChI=1S/C25H41NO3/c27-15-7-13-26(14-8-16-28)19-23-17-22(20-9-3-1-4-10-20)18-24(25(23)29)21-11-5-2-6-12-21/h17-18,20-21,27-29H,1-16,19H2. The van der Waals surface area contributed by atoms with Gasteiger partial charge in [0.25, 0.3) is 0 Å². The summed E-state index contributed by atoms with van der Waals surface area (Å²) in [5.41, 5.74) is 3.67. The third-order valence-electron chi connectivity index (χ3n) is 7.02. The highest BCUT2D eigenvalue weighted by molar-refractivity contribution is 5.47. The lowest BCUT2D eigenvalue weighted by Crippen LogP contribution is -2.27. The monoisotopic (exact) mass is 403 g/mol. The number of phenols is 1. The number of hydrogen-bond acceptors (Lipinski definition) is 4. The molecule has 29 heavy (non-hydrogen) atoms. The number of nitrogens with zero attached hydrogens (tertiary/aromatic N) is 1. The van der Waals surface area contributed by atoms with E-state index >= 15 is 0 Å². The van der Waals surface area contributed by atoms with Crippen LogP contribution in [0.4, 0.5) is 0 Å². The van der Waals surface area contributed by atoms with Crippen molar-refractivity contribution in [1.29, 1.82) is 0 Å². The molecule has 2 fully saturated rings. The van der Waals surface area contributed by atoms with Crippen LogP contribution in [-0.4, -0.2) is 46.5 Å². The van der Waals surface area contributed by atoms with Gasteiger partial charge in [0.05, 0.1) is 0 Å².